The molecule has 0 aliphatic heterocycles. The number of fused-ring (bicyclic) bond motifs is 1. The molecule has 4 rings (SSSR count). The van der Waals surface area contributed by atoms with Crippen molar-refractivity contribution in [3.05, 3.63) is 76.9 Å². The van der Waals surface area contributed by atoms with Gasteiger partial charge in [-0.15, -0.1) is 0 Å². The zero-order valence-corrected chi connectivity index (χ0v) is 15.2. The molecule has 3 heterocycles. The summed E-state index contributed by atoms with van der Waals surface area (Å²) in [4.78, 5) is 33.0. The molecule has 0 bridgehead atoms. The molecule has 9 heteroatoms. The van der Waals surface area contributed by atoms with Crippen LogP contribution in [0.2, 0.25) is 0 Å². The molecule has 0 fully saturated rings. The summed E-state index contributed by atoms with van der Waals surface area (Å²) in [6.07, 6.45) is 4.75. The minimum absolute atomic E-state index is 0.0894. The van der Waals surface area contributed by atoms with Crippen LogP contribution in [0, 0.1) is 5.82 Å². The van der Waals surface area contributed by atoms with Gasteiger partial charge in [0.25, 0.3) is 11.3 Å². The Kier molecular flexibility index (Phi) is 5.10. The minimum atomic E-state index is -0.394. The van der Waals surface area contributed by atoms with Crippen molar-refractivity contribution in [3.63, 3.8) is 0 Å². The van der Waals surface area contributed by atoms with Crippen molar-refractivity contribution >= 4 is 17.0 Å². The van der Waals surface area contributed by atoms with Gasteiger partial charge in [-0.25, -0.2) is 9.37 Å². The molecule has 0 radical (unpaired) electrons. The highest BCUT2D eigenvalue weighted by Crippen LogP contribution is 2.24. The van der Waals surface area contributed by atoms with E-state index in [0.29, 0.717) is 12.1 Å². The second-order valence-corrected chi connectivity index (χ2v) is 6.35. The molecule has 1 amide bonds. The number of hydrogen-bond acceptors (Lipinski definition) is 6. The first-order valence-electron chi connectivity index (χ1n) is 8.88. The number of rotatable bonds is 6. The summed E-state index contributed by atoms with van der Waals surface area (Å²) in [6, 6.07) is 9.22. The predicted octanol–water partition coefficient (Wildman–Crippen LogP) is 2.29. The molecular formula is C20H16FN5O3. The van der Waals surface area contributed by atoms with E-state index in [1.807, 2.05) is 6.07 Å². The standard InChI is InChI=1S/C20H16FN5O3/c21-15-5-3-14(4-6-15)18-17-19(29-25-18)24-12-26(20(17)28)9-7-16(27)23-11-13-2-1-8-22-10-13/h1-6,8,10,12H,7,9,11H2,(H,23,27). The highest BCUT2D eigenvalue weighted by atomic mass is 19.1. The monoisotopic (exact) mass is 393 g/mol. The maximum absolute atomic E-state index is 13.2. The molecule has 29 heavy (non-hydrogen) atoms. The predicted molar refractivity (Wildman–Crippen MR) is 102 cm³/mol. The van der Waals surface area contributed by atoms with E-state index in [1.54, 1.807) is 18.5 Å². The second-order valence-electron chi connectivity index (χ2n) is 6.35. The number of halogens is 1. The fraction of sp³-hybridized carbons (Fsp3) is 0.150. The van der Waals surface area contributed by atoms with Gasteiger partial charge < -0.3 is 9.84 Å². The first-order chi connectivity index (χ1) is 14.1. The van der Waals surface area contributed by atoms with Crippen LogP contribution in [0.15, 0.2) is 64.4 Å². The van der Waals surface area contributed by atoms with Gasteiger partial charge in [-0.2, -0.15) is 0 Å². The second kappa shape index (κ2) is 8.01. The molecule has 146 valence electrons. The van der Waals surface area contributed by atoms with Crippen LogP contribution in [-0.4, -0.2) is 25.6 Å². The number of benzene rings is 1. The van der Waals surface area contributed by atoms with E-state index in [1.165, 1.54) is 35.2 Å². The summed E-state index contributed by atoms with van der Waals surface area (Å²) in [5.41, 5.74) is 1.42. The Labute approximate surface area is 164 Å². The summed E-state index contributed by atoms with van der Waals surface area (Å²) >= 11 is 0. The lowest BCUT2D eigenvalue weighted by molar-refractivity contribution is -0.121. The molecule has 1 aromatic carbocycles. The van der Waals surface area contributed by atoms with Crippen LogP contribution < -0.4 is 10.9 Å². The Morgan fingerprint density at radius 3 is 2.79 bits per heavy atom. The first-order valence-corrected chi connectivity index (χ1v) is 8.88. The number of carbonyl (C=O) groups is 1. The van der Waals surface area contributed by atoms with Gasteiger partial charge in [0, 0.05) is 37.5 Å². The number of carbonyl (C=O) groups excluding carboxylic acids is 1. The minimum Gasteiger partial charge on any atom is -0.352 e. The average Bonchev–Trinajstić information content (AvgIpc) is 3.18. The number of aryl methyl sites for hydroxylation is 1. The Balaban J connectivity index is 1.50. The lowest BCUT2D eigenvalue weighted by Crippen LogP contribution is -2.27. The van der Waals surface area contributed by atoms with Crippen LogP contribution in [0.25, 0.3) is 22.4 Å². The normalized spacial score (nSPS) is 10.9. The highest BCUT2D eigenvalue weighted by molar-refractivity contribution is 5.88. The molecule has 0 saturated heterocycles. The number of hydrogen-bond donors (Lipinski definition) is 1. The summed E-state index contributed by atoms with van der Waals surface area (Å²) < 4.78 is 19.6. The Bertz CT molecular complexity index is 1200. The third-order valence-corrected chi connectivity index (χ3v) is 4.37. The summed E-state index contributed by atoms with van der Waals surface area (Å²) in [6.45, 7) is 0.508. The van der Waals surface area contributed by atoms with Crippen molar-refractivity contribution in [3.8, 4) is 11.3 Å². The van der Waals surface area contributed by atoms with Crippen molar-refractivity contribution in [1.82, 2.24) is 25.0 Å². The van der Waals surface area contributed by atoms with Gasteiger partial charge >= 0.3 is 0 Å². The van der Waals surface area contributed by atoms with E-state index >= 15 is 0 Å². The maximum Gasteiger partial charge on any atom is 0.266 e. The van der Waals surface area contributed by atoms with Gasteiger partial charge in [0.2, 0.25) is 5.91 Å². The number of aromatic nitrogens is 4. The molecule has 0 aliphatic rings. The van der Waals surface area contributed by atoms with Crippen LogP contribution >= 0.6 is 0 Å². The van der Waals surface area contributed by atoms with E-state index in [2.05, 4.69) is 20.4 Å². The molecular weight excluding hydrogens is 377 g/mol. The molecule has 0 unspecified atom stereocenters. The number of amides is 1. The van der Waals surface area contributed by atoms with Gasteiger partial charge in [-0.1, -0.05) is 11.2 Å². The molecule has 1 N–H and O–H groups in total. The molecule has 0 aliphatic carbocycles. The molecule has 8 nitrogen and oxygen atoms in total. The zero-order valence-electron chi connectivity index (χ0n) is 15.2. The zero-order chi connectivity index (χ0) is 20.2. The van der Waals surface area contributed by atoms with Gasteiger partial charge in [0.05, 0.1) is 0 Å². The maximum atomic E-state index is 13.2. The van der Waals surface area contributed by atoms with Crippen molar-refractivity contribution in [2.75, 3.05) is 0 Å². The van der Waals surface area contributed by atoms with E-state index in [0.717, 1.165) is 5.56 Å². The van der Waals surface area contributed by atoms with Gasteiger partial charge in [0.15, 0.2) is 0 Å². The fourth-order valence-electron chi connectivity index (χ4n) is 2.86. The largest absolute Gasteiger partial charge is 0.352 e. The van der Waals surface area contributed by atoms with E-state index in [4.69, 9.17) is 4.52 Å². The third kappa shape index (κ3) is 4.03. The summed E-state index contributed by atoms with van der Waals surface area (Å²) in [7, 11) is 0. The van der Waals surface area contributed by atoms with Crippen LogP contribution in [-0.2, 0) is 17.9 Å². The van der Waals surface area contributed by atoms with Crippen LogP contribution in [0.3, 0.4) is 0 Å². The van der Waals surface area contributed by atoms with Crippen molar-refractivity contribution in [1.29, 1.82) is 0 Å². The van der Waals surface area contributed by atoms with Gasteiger partial charge in [-0.3, -0.25) is 19.1 Å². The molecule has 0 atom stereocenters. The van der Waals surface area contributed by atoms with E-state index < -0.39 is 5.82 Å². The molecule has 0 saturated carbocycles. The lowest BCUT2D eigenvalue weighted by atomic mass is 10.1. The van der Waals surface area contributed by atoms with E-state index in [-0.39, 0.29) is 41.2 Å². The Morgan fingerprint density at radius 1 is 1.21 bits per heavy atom. The fourth-order valence-corrected chi connectivity index (χ4v) is 2.86. The van der Waals surface area contributed by atoms with E-state index in [9.17, 15) is 14.0 Å². The summed E-state index contributed by atoms with van der Waals surface area (Å²) in [5, 5.41) is 6.87. The molecule has 4 aromatic rings. The lowest BCUT2D eigenvalue weighted by Gasteiger charge is -2.07. The summed E-state index contributed by atoms with van der Waals surface area (Å²) in [5.74, 6) is -0.598. The van der Waals surface area contributed by atoms with Gasteiger partial charge in [0.1, 0.15) is 23.2 Å². The Morgan fingerprint density at radius 2 is 2.03 bits per heavy atom. The third-order valence-electron chi connectivity index (χ3n) is 4.37. The Hall–Kier alpha value is -3.88. The van der Waals surface area contributed by atoms with Crippen molar-refractivity contribution in [2.24, 2.45) is 0 Å². The quantitative estimate of drug-likeness (QED) is 0.539. The number of nitrogens with one attached hydrogen (secondary N) is 1. The SMILES string of the molecule is O=C(CCn1cnc2onc(-c3ccc(F)cc3)c2c1=O)NCc1cccnc1. The first kappa shape index (κ1) is 18.5. The van der Waals surface area contributed by atoms with Crippen LogP contribution in [0.4, 0.5) is 4.39 Å². The van der Waals surface area contributed by atoms with Gasteiger partial charge in [-0.05, 0) is 35.9 Å². The highest BCUT2D eigenvalue weighted by Gasteiger charge is 2.17. The molecule has 3 aromatic heterocycles. The molecule has 0 spiro atoms. The van der Waals surface area contributed by atoms with Crippen molar-refractivity contribution < 1.29 is 13.7 Å². The topological polar surface area (TPSA) is 103 Å². The average molecular weight is 393 g/mol. The number of pyridine rings is 1. The number of nitrogens with zero attached hydrogens (tertiary/aromatic N) is 4. The smallest absolute Gasteiger partial charge is 0.266 e. The van der Waals surface area contributed by atoms with Crippen LogP contribution in [0.5, 0.6) is 0 Å². The van der Waals surface area contributed by atoms with Crippen molar-refractivity contribution in [2.45, 2.75) is 19.5 Å². The van der Waals surface area contributed by atoms with Crippen LogP contribution in [0.1, 0.15) is 12.0 Å².